The number of methoxy groups -OCH3 is 1. The lowest BCUT2D eigenvalue weighted by Gasteiger charge is -2.07. The van der Waals surface area contributed by atoms with Gasteiger partial charge in [-0.1, -0.05) is 0 Å². The Morgan fingerprint density at radius 1 is 1.19 bits per heavy atom. The average molecular weight is 371 g/mol. The van der Waals surface area contributed by atoms with E-state index in [4.69, 9.17) is 9.47 Å². The molecule has 0 saturated carbocycles. The number of fused-ring (bicyclic) bond motifs is 1. The Balaban J connectivity index is 1.69. The first-order chi connectivity index (χ1) is 12.9. The zero-order chi connectivity index (χ0) is 19.6. The summed E-state index contributed by atoms with van der Waals surface area (Å²) in [6.45, 7) is 3.45. The molecule has 0 fully saturated rings. The van der Waals surface area contributed by atoms with Crippen LogP contribution in [0.4, 0.5) is 4.39 Å². The zero-order valence-corrected chi connectivity index (χ0v) is 15.1. The number of nitrogens with zero attached hydrogens (tertiary/aromatic N) is 3. The number of carbonyl (C=O) groups excluding carboxylic acids is 2. The molecule has 0 spiro atoms. The molecule has 140 valence electrons. The van der Waals surface area contributed by atoms with Crippen LogP contribution in [0.5, 0.6) is 5.75 Å². The van der Waals surface area contributed by atoms with E-state index in [0.717, 1.165) is 6.07 Å². The van der Waals surface area contributed by atoms with Crippen molar-refractivity contribution < 1.29 is 23.5 Å². The van der Waals surface area contributed by atoms with Gasteiger partial charge in [-0.05, 0) is 38.1 Å². The number of benzene rings is 1. The van der Waals surface area contributed by atoms with Crippen molar-refractivity contribution in [2.24, 2.45) is 0 Å². The Kier molecular flexibility index (Phi) is 5.16. The number of hydrogen-bond acceptors (Lipinski definition) is 6. The molecule has 1 aromatic carbocycles. The van der Waals surface area contributed by atoms with E-state index < -0.39 is 24.2 Å². The molecule has 27 heavy (non-hydrogen) atoms. The summed E-state index contributed by atoms with van der Waals surface area (Å²) in [4.78, 5) is 28.6. The van der Waals surface area contributed by atoms with Crippen LogP contribution in [0, 0.1) is 5.82 Å². The van der Waals surface area contributed by atoms with Gasteiger partial charge in [0, 0.05) is 23.2 Å². The van der Waals surface area contributed by atoms with Crippen molar-refractivity contribution in [2.45, 2.75) is 19.9 Å². The number of halogens is 1. The predicted octanol–water partition coefficient (Wildman–Crippen LogP) is 3.20. The van der Waals surface area contributed by atoms with Crippen molar-refractivity contribution in [1.29, 1.82) is 0 Å². The molecule has 2 aromatic heterocycles. The molecular formula is C19H18FN3O4. The Morgan fingerprint density at radius 3 is 2.63 bits per heavy atom. The topological polar surface area (TPSA) is 83.3 Å². The molecular weight excluding hydrogens is 353 g/mol. The highest BCUT2D eigenvalue weighted by atomic mass is 19.1. The lowest BCUT2D eigenvalue weighted by molar-refractivity contribution is 0.0474. The Labute approximate surface area is 154 Å². The molecule has 2 heterocycles. The summed E-state index contributed by atoms with van der Waals surface area (Å²) in [5, 5.41) is 4.93. The predicted molar refractivity (Wildman–Crippen MR) is 95.5 cm³/mol. The third kappa shape index (κ3) is 3.79. The molecule has 0 aliphatic heterocycles. The van der Waals surface area contributed by atoms with Gasteiger partial charge in [0.25, 0.3) is 0 Å². The number of pyridine rings is 1. The SMILES string of the molecule is COc1ccc(C(=O)COC(=O)c2cnc3c(cnn3C(C)C)c2)cc1F. The Hall–Kier alpha value is -3.29. The van der Waals surface area contributed by atoms with Crippen molar-refractivity contribution in [1.82, 2.24) is 14.8 Å². The summed E-state index contributed by atoms with van der Waals surface area (Å²) in [5.41, 5.74) is 0.957. The van der Waals surface area contributed by atoms with Crippen LogP contribution < -0.4 is 4.74 Å². The van der Waals surface area contributed by atoms with Gasteiger partial charge in [0.05, 0.1) is 18.9 Å². The van der Waals surface area contributed by atoms with Gasteiger partial charge < -0.3 is 9.47 Å². The van der Waals surface area contributed by atoms with Crippen LogP contribution in [0.2, 0.25) is 0 Å². The van der Waals surface area contributed by atoms with E-state index in [0.29, 0.717) is 11.0 Å². The summed E-state index contributed by atoms with van der Waals surface area (Å²) in [6.07, 6.45) is 2.99. The van der Waals surface area contributed by atoms with Gasteiger partial charge in [0.15, 0.2) is 29.6 Å². The maximum absolute atomic E-state index is 13.7. The van der Waals surface area contributed by atoms with E-state index in [1.807, 2.05) is 13.8 Å². The zero-order valence-electron chi connectivity index (χ0n) is 15.1. The number of ether oxygens (including phenoxy) is 2. The van der Waals surface area contributed by atoms with Crippen molar-refractivity contribution >= 4 is 22.8 Å². The normalized spacial score (nSPS) is 11.0. The van der Waals surface area contributed by atoms with Crippen LogP contribution in [-0.2, 0) is 4.74 Å². The van der Waals surface area contributed by atoms with Gasteiger partial charge in [0.2, 0.25) is 0 Å². The fourth-order valence-electron chi connectivity index (χ4n) is 2.57. The molecule has 0 atom stereocenters. The molecule has 3 aromatic rings. The van der Waals surface area contributed by atoms with Gasteiger partial charge in [-0.2, -0.15) is 5.10 Å². The van der Waals surface area contributed by atoms with Gasteiger partial charge in [-0.3, -0.25) is 4.79 Å². The highest BCUT2D eigenvalue weighted by molar-refractivity contribution is 6.00. The summed E-state index contributed by atoms with van der Waals surface area (Å²) in [6, 6.07) is 5.53. The first-order valence-corrected chi connectivity index (χ1v) is 8.28. The second kappa shape index (κ2) is 7.53. The van der Waals surface area contributed by atoms with Crippen LogP contribution in [-0.4, -0.2) is 40.2 Å². The van der Waals surface area contributed by atoms with E-state index in [2.05, 4.69) is 10.1 Å². The fraction of sp³-hybridized carbons (Fsp3) is 0.263. The van der Waals surface area contributed by atoms with E-state index in [9.17, 15) is 14.0 Å². The van der Waals surface area contributed by atoms with E-state index in [-0.39, 0.29) is 22.9 Å². The molecule has 0 amide bonds. The second-order valence-corrected chi connectivity index (χ2v) is 6.17. The number of ketones is 1. The van der Waals surface area contributed by atoms with Crippen LogP contribution in [0.25, 0.3) is 11.0 Å². The fourth-order valence-corrected chi connectivity index (χ4v) is 2.57. The molecule has 0 aliphatic rings. The maximum Gasteiger partial charge on any atom is 0.340 e. The highest BCUT2D eigenvalue weighted by Crippen LogP contribution is 2.19. The molecule has 3 rings (SSSR count). The molecule has 0 saturated heterocycles. The molecule has 7 nitrogen and oxygen atoms in total. The largest absolute Gasteiger partial charge is 0.494 e. The number of hydrogen-bond donors (Lipinski definition) is 0. The smallest absolute Gasteiger partial charge is 0.340 e. The summed E-state index contributed by atoms with van der Waals surface area (Å²) in [5.74, 6) is -1.84. The van der Waals surface area contributed by atoms with E-state index >= 15 is 0 Å². The number of Topliss-reactive ketones (excluding diaryl/α,β-unsaturated/α-hetero) is 1. The van der Waals surface area contributed by atoms with E-state index in [1.54, 1.807) is 16.9 Å². The average Bonchev–Trinajstić information content (AvgIpc) is 3.09. The molecule has 0 N–H and O–H groups in total. The number of carbonyl (C=O) groups is 2. The molecule has 0 unspecified atom stereocenters. The number of aromatic nitrogens is 3. The quantitative estimate of drug-likeness (QED) is 0.489. The van der Waals surface area contributed by atoms with Crippen molar-refractivity contribution in [2.75, 3.05) is 13.7 Å². The molecule has 0 aliphatic carbocycles. The van der Waals surface area contributed by atoms with Crippen LogP contribution >= 0.6 is 0 Å². The van der Waals surface area contributed by atoms with E-state index in [1.165, 1.54) is 25.4 Å². The Bertz CT molecular complexity index is 1010. The standard InChI is InChI=1S/C19H18FN3O4/c1-11(2)23-18-13(9-22-23)6-14(8-21-18)19(25)27-10-16(24)12-4-5-17(26-3)15(20)7-12/h4-9,11H,10H2,1-3H3. The lowest BCUT2D eigenvalue weighted by atomic mass is 10.1. The minimum absolute atomic E-state index is 0.0323. The van der Waals surface area contributed by atoms with Crippen LogP contribution in [0.1, 0.15) is 40.6 Å². The first kappa shape index (κ1) is 18.5. The number of esters is 1. The van der Waals surface area contributed by atoms with Crippen molar-refractivity contribution in [3.8, 4) is 5.75 Å². The highest BCUT2D eigenvalue weighted by Gasteiger charge is 2.16. The monoisotopic (exact) mass is 371 g/mol. The van der Waals surface area contributed by atoms with Crippen LogP contribution in [0.3, 0.4) is 0 Å². The third-order valence-corrected chi connectivity index (χ3v) is 3.97. The van der Waals surface area contributed by atoms with Gasteiger partial charge in [0.1, 0.15) is 0 Å². The molecule has 0 radical (unpaired) electrons. The van der Waals surface area contributed by atoms with Gasteiger partial charge in [-0.15, -0.1) is 0 Å². The van der Waals surface area contributed by atoms with Crippen molar-refractivity contribution in [3.63, 3.8) is 0 Å². The Morgan fingerprint density at radius 2 is 1.96 bits per heavy atom. The van der Waals surface area contributed by atoms with Crippen LogP contribution in [0.15, 0.2) is 36.7 Å². The minimum atomic E-state index is -0.691. The maximum atomic E-state index is 13.7. The molecule has 0 bridgehead atoms. The third-order valence-electron chi connectivity index (χ3n) is 3.97. The summed E-state index contributed by atoms with van der Waals surface area (Å²) >= 11 is 0. The second-order valence-electron chi connectivity index (χ2n) is 6.17. The van der Waals surface area contributed by atoms with Crippen molar-refractivity contribution in [3.05, 3.63) is 53.6 Å². The minimum Gasteiger partial charge on any atom is -0.494 e. The van der Waals surface area contributed by atoms with Gasteiger partial charge >= 0.3 is 5.97 Å². The van der Waals surface area contributed by atoms with Gasteiger partial charge in [-0.25, -0.2) is 18.9 Å². The first-order valence-electron chi connectivity index (χ1n) is 8.28. The molecule has 8 heteroatoms. The summed E-state index contributed by atoms with van der Waals surface area (Å²) < 4.78 is 25.3. The lowest BCUT2D eigenvalue weighted by Crippen LogP contribution is -2.15. The summed E-state index contributed by atoms with van der Waals surface area (Å²) in [7, 11) is 1.33. The number of rotatable bonds is 6.